The summed E-state index contributed by atoms with van der Waals surface area (Å²) in [6.07, 6.45) is 5.53. The second kappa shape index (κ2) is 17.4. The molecule has 0 unspecified atom stereocenters. The van der Waals surface area contributed by atoms with Gasteiger partial charge >= 0.3 is 0 Å². The van der Waals surface area contributed by atoms with Gasteiger partial charge in [0.1, 0.15) is 5.75 Å². The first kappa shape index (κ1) is 39.0. The van der Waals surface area contributed by atoms with Crippen LogP contribution in [0, 0.1) is 6.92 Å². The highest BCUT2D eigenvalue weighted by Gasteiger charge is 2.18. The summed E-state index contributed by atoms with van der Waals surface area (Å²) in [5, 5.41) is 0. The van der Waals surface area contributed by atoms with Crippen LogP contribution in [-0.4, -0.2) is 22.1 Å². The number of hydrogen-bond acceptors (Lipinski definition) is 4. The molecule has 0 aliphatic rings. The molecule has 0 aliphatic heterocycles. The average Bonchev–Trinajstić information content (AvgIpc) is 3.36. The Balaban J connectivity index is 1.14. The van der Waals surface area contributed by atoms with Crippen molar-refractivity contribution in [3.8, 4) is 106 Å². The van der Waals surface area contributed by atoms with Crippen LogP contribution >= 0.6 is 0 Å². The summed E-state index contributed by atoms with van der Waals surface area (Å²) in [6.45, 7) is 2.09. The van der Waals surface area contributed by atoms with Gasteiger partial charge in [-0.2, -0.15) is 0 Å². The number of hydrogen-bond donors (Lipinski definition) is 0. The Morgan fingerprint density at radius 3 is 1.13 bits per heavy atom. The van der Waals surface area contributed by atoms with Gasteiger partial charge in [-0.3, -0.25) is 15.0 Å². The molecular weight excluding hydrogens is 767 g/mol. The summed E-state index contributed by atoms with van der Waals surface area (Å²) >= 11 is 0. The number of nitrogens with zero attached hydrogens (tertiary/aromatic N) is 3. The zero-order valence-electron chi connectivity index (χ0n) is 35.1. The first-order valence-electron chi connectivity index (χ1n) is 21.2. The third-order valence-corrected chi connectivity index (χ3v) is 11.7. The Morgan fingerprint density at radius 1 is 0.286 bits per heavy atom. The predicted molar refractivity (Wildman–Crippen MR) is 260 cm³/mol. The molecular formula is C59H43N3O. The van der Waals surface area contributed by atoms with Crippen LogP contribution < -0.4 is 4.74 Å². The quantitative estimate of drug-likeness (QED) is 0.138. The van der Waals surface area contributed by atoms with Crippen LogP contribution in [0.2, 0.25) is 0 Å². The molecule has 4 nitrogen and oxygen atoms in total. The molecule has 7 aromatic carbocycles. The molecule has 0 radical (unpaired) electrons. The van der Waals surface area contributed by atoms with Crippen LogP contribution in [0.4, 0.5) is 0 Å². The summed E-state index contributed by atoms with van der Waals surface area (Å²) < 4.78 is 6.14. The van der Waals surface area contributed by atoms with Gasteiger partial charge in [0.2, 0.25) is 0 Å². The largest absolute Gasteiger partial charge is 0.496 e. The molecule has 0 N–H and O–H groups in total. The lowest BCUT2D eigenvalue weighted by molar-refractivity contribution is 0.416. The Labute approximate surface area is 368 Å². The van der Waals surface area contributed by atoms with Gasteiger partial charge in [0.25, 0.3) is 0 Å². The molecule has 10 rings (SSSR count). The lowest BCUT2D eigenvalue weighted by atomic mass is 9.86. The lowest BCUT2D eigenvalue weighted by Gasteiger charge is -2.19. The highest BCUT2D eigenvalue weighted by Crippen LogP contribution is 2.44. The van der Waals surface area contributed by atoms with Crippen molar-refractivity contribution in [1.82, 2.24) is 15.0 Å². The first-order chi connectivity index (χ1) is 31.1. The van der Waals surface area contributed by atoms with E-state index >= 15 is 0 Å². The summed E-state index contributed by atoms with van der Waals surface area (Å²) in [5.41, 5.74) is 20.6. The van der Waals surface area contributed by atoms with Crippen LogP contribution in [0.5, 0.6) is 5.75 Å². The molecule has 3 heterocycles. The van der Waals surface area contributed by atoms with Gasteiger partial charge in [0.15, 0.2) is 0 Å². The topological polar surface area (TPSA) is 47.9 Å². The van der Waals surface area contributed by atoms with Crippen LogP contribution in [0.25, 0.3) is 101 Å². The van der Waals surface area contributed by atoms with Crippen molar-refractivity contribution in [3.05, 3.63) is 230 Å². The van der Waals surface area contributed by atoms with Gasteiger partial charge in [0.05, 0.1) is 24.2 Å². The van der Waals surface area contributed by atoms with E-state index in [1.165, 1.54) is 0 Å². The standard InChI is InChI=1S/C59H43N3O/c1-40-31-34-62-58(35-40)45-29-30-55(59(39-45)63-2)54-18-8-7-17-53(54)48-37-46(51-15-5-3-13-49(51)41-21-25-43(26-22-41)56-19-9-11-32-60-56)36-47(38-48)52-16-6-4-14-50(52)42-23-27-44(28-24-42)57-20-10-12-33-61-57/h3-39H,1-2H3. The van der Waals surface area contributed by atoms with E-state index < -0.39 is 0 Å². The van der Waals surface area contributed by atoms with Crippen molar-refractivity contribution >= 4 is 0 Å². The smallest absolute Gasteiger partial charge is 0.127 e. The van der Waals surface area contributed by atoms with Crippen LogP contribution in [0.1, 0.15) is 5.56 Å². The molecule has 0 aliphatic carbocycles. The van der Waals surface area contributed by atoms with E-state index in [9.17, 15) is 0 Å². The molecule has 0 spiro atoms. The molecule has 63 heavy (non-hydrogen) atoms. The van der Waals surface area contributed by atoms with Crippen LogP contribution in [-0.2, 0) is 0 Å². The molecule has 0 saturated heterocycles. The molecule has 300 valence electrons. The fourth-order valence-corrected chi connectivity index (χ4v) is 8.51. The van der Waals surface area contributed by atoms with E-state index in [4.69, 9.17) is 4.74 Å². The zero-order valence-corrected chi connectivity index (χ0v) is 35.1. The highest BCUT2D eigenvalue weighted by atomic mass is 16.5. The monoisotopic (exact) mass is 809 g/mol. The second-order valence-electron chi connectivity index (χ2n) is 15.7. The second-order valence-corrected chi connectivity index (χ2v) is 15.7. The van der Waals surface area contributed by atoms with Crippen LogP contribution in [0.15, 0.2) is 225 Å². The minimum atomic E-state index is 0.790. The number of benzene rings is 7. The molecule has 10 aromatic rings. The van der Waals surface area contributed by atoms with Crippen molar-refractivity contribution in [1.29, 1.82) is 0 Å². The van der Waals surface area contributed by atoms with Crippen molar-refractivity contribution < 1.29 is 4.74 Å². The minimum absolute atomic E-state index is 0.790. The molecule has 3 aromatic heterocycles. The lowest BCUT2D eigenvalue weighted by Crippen LogP contribution is -1.94. The molecule has 0 amide bonds. The third-order valence-electron chi connectivity index (χ3n) is 11.7. The van der Waals surface area contributed by atoms with Crippen LogP contribution in [0.3, 0.4) is 0 Å². The fourth-order valence-electron chi connectivity index (χ4n) is 8.51. The number of pyridine rings is 3. The van der Waals surface area contributed by atoms with Gasteiger partial charge in [0, 0.05) is 40.8 Å². The Morgan fingerprint density at radius 2 is 0.683 bits per heavy atom. The minimum Gasteiger partial charge on any atom is -0.496 e. The zero-order chi connectivity index (χ0) is 42.5. The number of aromatic nitrogens is 3. The van der Waals surface area contributed by atoms with Gasteiger partial charge in [-0.05, 0) is 140 Å². The summed E-state index contributed by atoms with van der Waals surface area (Å²) in [7, 11) is 1.74. The van der Waals surface area contributed by atoms with E-state index in [2.05, 4.69) is 186 Å². The maximum Gasteiger partial charge on any atom is 0.127 e. The van der Waals surface area contributed by atoms with Gasteiger partial charge in [-0.1, -0.05) is 140 Å². The SMILES string of the molecule is COc1cc(-c2cc(C)ccn2)ccc1-c1ccccc1-c1cc(-c2ccccc2-c2ccc(-c3ccccn3)cc2)cc(-c2ccccc2-c2ccc(-c3ccccn3)cc2)c1. The Bertz CT molecular complexity index is 3050. The maximum absolute atomic E-state index is 6.14. The Kier molecular flexibility index (Phi) is 10.8. The number of aryl methyl sites for hydroxylation is 1. The van der Waals surface area contributed by atoms with Crippen molar-refractivity contribution in [2.24, 2.45) is 0 Å². The van der Waals surface area contributed by atoms with Gasteiger partial charge < -0.3 is 4.74 Å². The molecule has 0 saturated carbocycles. The molecule has 0 atom stereocenters. The number of ether oxygens (including phenoxy) is 1. The summed E-state index contributed by atoms with van der Waals surface area (Å²) in [6, 6.07) is 73.1. The third kappa shape index (κ3) is 8.06. The van der Waals surface area contributed by atoms with Crippen molar-refractivity contribution in [2.45, 2.75) is 6.92 Å². The normalized spacial score (nSPS) is 11.0. The summed E-state index contributed by atoms with van der Waals surface area (Å²) in [5.74, 6) is 0.790. The molecule has 4 heteroatoms. The number of rotatable bonds is 10. The van der Waals surface area contributed by atoms with Gasteiger partial charge in [-0.15, -0.1) is 0 Å². The van der Waals surface area contributed by atoms with Gasteiger partial charge in [-0.25, -0.2) is 0 Å². The summed E-state index contributed by atoms with van der Waals surface area (Å²) in [4.78, 5) is 13.8. The molecule has 0 fully saturated rings. The number of methoxy groups -OCH3 is 1. The van der Waals surface area contributed by atoms with E-state index in [-0.39, 0.29) is 0 Å². The van der Waals surface area contributed by atoms with E-state index in [0.717, 1.165) is 112 Å². The maximum atomic E-state index is 6.14. The Hall–Kier alpha value is -8.21. The van der Waals surface area contributed by atoms with Crippen molar-refractivity contribution in [3.63, 3.8) is 0 Å². The van der Waals surface area contributed by atoms with E-state index in [0.29, 0.717) is 0 Å². The van der Waals surface area contributed by atoms with E-state index in [1.807, 2.05) is 61.1 Å². The predicted octanol–water partition coefficient (Wildman–Crippen LogP) is 15.2. The average molecular weight is 810 g/mol. The molecule has 0 bridgehead atoms. The highest BCUT2D eigenvalue weighted by molar-refractivity contribution is 5.95. The fraction of sp³-hybridized carbons (Fsp3) is 0.0339. The first-order valence-corrected chi connectivity index (χ1v) is 21.2. The van der Waals surface area contributed by atoms with E-state index in [1.54, 1.807) is 7.11 Å². The van der Waals surface area contributed by atoms with Crippen molar-refractivity contribution in [2.75, 3.05) is 7.11 Å².